The minimum absolute atomic E-state index is 0.0774. The van der Waals surface area contributed by atoms with Crippen molar-refractivity contribution in [2.24, 2.45) is 5.10 Å². The predicted molar refractivity (Wildman–Crippen MR) is 109 cm³/mol. The lowest BCUT2D eigenvalue weighted by Crippen LogP contribution is -2.21. The van der Waals surface area contributed by atoms with E-state index in [0.717, 1.165) is 6.42 Å². The third-order valence-corrected chi connectivity index (χ3v) is 3.80. The topological polar surface area (TPSA) is 89.0 Å². The molecule has 0 aliphatic rings. The van der Waals surface area contributed by atoms with Crippen LogP contribution < -0.4 is 20.2 Å². The van der Waals surface area contributed by atoms with Gasteiger partial charge in [-0.15, -0.1) is 0 Å². The Labute approximate surface area is 168 Å². The van der Waals surface area contributed by atoms with Crippen LogP contribution in [-0.2, 0) is 9.59 Å². The number of methoxy groups -OCH3 is 1. The van der Waals surface area contributed by atoms with Crippen LogP contribution in [0.1, 0.15) is 31.7 Å². The van der Waals surface area contributed by atoms with Crippen LogP contribution in [-0.4, -0.2) is 31.7 Å². The molecule has 0 saturated heterocycles. The third kappa shape index (κ3) is 6.91. The molecule has 0 atom stereocenters. The molecule has 0 aliphatic heterocycles. The van der Waals surface area contributed by atoms with Crippen molar-refractivity contribution in [3.63, 3.8) is 0 Å². The monoisotopic (exact) mass is 401 g/mol. The molecule has 29 heavy (non-hydrogen) atoms. The average Bonchev–Trinajstić information content (AvgIpc) is 2.72. The summed E-state index contributed by atoms with van der Waals surface area (Å²) >= 11 is 0. The molecule has 0 fully saturated rings. The van der Waals surface area contributed by atoms with E-state index >= 15 is 0 Å². The molecule has 2 amide bonds. The molecule has 0 unspecified atom stereocenters. The highest BCUT2D eigenvalue weighted by Crippen LogP contribution is 2.30. The summed E-state index contributed by atoms with van der Waals surface area (Å²) in [6.07, 6.45) is 2.10. The molecule has 0 aromatic heterocycles. The van der Waals surface area contributed by atoms with Crippen LogP contribution in [0.15, 0.2) is 47.6 Å². The van der Waals surface area contributed by atoms with Gasteiger partial charge in [-0.3, -0.25) is 9.59 Å². The second-order valence-electron chi connectivity index (χ2n) is 6.05. The van der Waals surface area contributed by atoms with Gasteiger partial charge < -0.3 is 14.8 Å². The first kappa shape index (κ1) is 21.9. The molecule has 0 aliphatic carbocycles. The number of anilines is 1. The van der Waals surface area contributed by atoms with Gasteiger partial charge in [-0.05, 0) is 30.7 Å². The van der Waals surface area contributed by atoms with Gasteiger partial charge in [-0.2, -0.15) is 5.10 Å². The number of para-hydroxylation sites is 2. The van der Waals surface area contributed by atoms with E-state index in [1.54, 1.807) is 31.4 Å². The summed E-state index contributed by atoms with van der Waals surface area (Å²) in [5.41, 5.74) is 3.09. The van der Waals surface area contributed by atoms with E-state index in [1.165, 1.54) is 24.4 Å². The number of amides is 2. The van der Waals surface area contributed by atoms with Crippen molar-refractivity contribution in [3.8, 4) is 11.5 Å². The smallest absolute Gasteiger partial charge is 0.240 e. The number of carbonyl (C=O) groups excluding carboxylic acids is 2. The minimum atomic E-state index is -0.533. The van der Waals surface area contributed by atoms with Crippen LogP contribution in [0.25, 0.3) is 0 Å². The van der Waals surface area contributed by atoms with Crippen LogP contribution in [0.5, 0.6) is 11.5 Å². The Hall–Kier alpha value is -3.42. The van der Waals surface area contributed by atoms with Gasteiger partial charge in [0.2, 0.25) is 11.8 Å². The van der Waals surface area contributed by atoms with Crippen LogP contribution in [0, 0.1) is 5.82 Å². The first-order valence-electron chi connectivity index (χ1n) is 9.21. The fourth-order valence-electron chi connectivity index (χ4n) is 2.39. The zero-order valence-electron chi connectivity index (χ0n) is 16.4. The Morgan fingerprint density at radius 3 is 2.59 bits per heavy atom. The molecule has 2 N–H and O–H groups in total. The van der Waals surface area contributed by atoms with Crippen molar-refractivity contribution in [3.05, 3.63) is 53.8 Å². The fourth-order valence-corrected chi connectivity index (χ4v) is 2.39. The lowest BCUT2D eigenvalue weighted by atomic mass is 10.2. The molecule has 0 bridgehead atoms. The molecular weight excluding hydrogens is 377 g/mol. The molecule has 2 aromatic rings. The average molecular weight is 401 g/mol. The summed E-state index contributed by atoms with van der Waals surface area (Å²) in [4.78, 5) is 23.8. The van der Waals surface area contributed by atoms with Crippen molar-refractivity contribution in [2.45, 2.75) is 26.2 Å². The normalized spacial score (nSPS) is 10.6. The number of hydrazone groups is 1. The SMILES string of the molecule is CCCOc1c(C=NNC(=O)CCC(=O)Nc2ccccc2F)cccc1OC. The van der Waals surface area contributed by atoms with Crippen molar-refractivity contribution in [1.29, 1.82) is 0 Å². The van der Waals surface area contributed by atoms with E-state index in [4.69, 9.17) is 9.47 Å². The summed E-state index contributed by atoms with van der Waals surface area (Å²) in [7, 11) is 1.54. The standard InChI is InChI=1S/C21H24FN3O4/c1-3-13-29-21-15(7-6-10-18(21)28-2)14-23-25-20(27)12-11-19(26)24-17-9-5-4-8-16(17)22/h4-10,14H,3,11-13H2,1-2H3,(H,24,26)(H,25,27). The molecule has 8 heteroatoms. The first-order valence-corrected chi connectivity index (χ1v) is 9.21. The Bertz CT molecular complexity index is 871. The molecule has 0 radical (unpaired) electrons. The van der Waals surface area contributed by atoms with Gasteiger partial charge in [0.15, 0.2) is 11.5 Å². The largest absolute Gasteiger partial charge is 0.493 e. The van der Waals surface area contributed by atoms with Gasteiger partial charge in [0.25, 0.3) is 0 Å². The van der Waals surface area contributed by atoms with E-state index < -0.39 is 17.6 Å². The Kier molecular flexibility index (Phi) is 8.62. The van der Waals surface area contributed by atoms with E-state index in [2.05, 4.69) is 15.8 Å². The summed E-state index contributed by atoms with van der Waals surface area (Å²) in [6.45, 7) is 2.51. The third-order valence-electron chi connectivity index (χ3n) is 3.80. The number of rotatable bonds is 10. The van der Waals surface area contributed by atoms with E-state index in [-0.39, 0.29) is 18.5 Å². The number of hydrogen-bond acceptors (Lipinski definition) is 5. The number of benzene rings is 2. The molecular formula is C21H24FN3O4. The van der Waals surface area contributed by atoms with Gasteiger partial charge in [0.05, 0.1) is 25.6 Å². The lowest BCUT2D eigenvalue weighted by Gasteiger charge is -2.12. The number of nitrogens with one attached hydrogen (secondary N) is 2. The van der Waals surface area contributed by atoms with Crippen LogP contribution in [0.2, 0.25) is 0 Å². The van der Waals surface area contributed by atoms with Crippen molar-refractivity contribution in [2.75, 3.05) is 19.0 Å². The van der Waals surface area contributed by atoms with Crippen LogP contribution in [0.3, 0.4) is 0 Å². The van der Waals surface area contributed by atoms with Crippen LogP contribution >= 0.6 is 0 Å². The molecule has 154 valence electrons. The molecule has 2 aromatic carbocycles. The first-order chi connectivity index (χ1) is 14.0. The number of hydrogen-bond donors (Lipinski definition) is 2. The van der Waals surface area contributed by atoms with Crippen molar-refractivity contribution < 1.29 is 23.5 Å². The number of ether oxygens (including phenoxy) is 2. The highest BCUT2D eigenvalue weighted by atomic mass is 19.1. The quantitative estimate of drug-likeness (QED) is 0.471. The van der Waals surface area contributed by atoms with Crippen molar-refractivity contribution >= 4 is 23.7 Å². The van der Waals surface area contributed by atoms with E-state index in [1.807, 2.05) is 6.92 Å². The maximum Gasteiger partial charge on any atom is 0.240 e. The fraction of sp³-hybridized carbons (Fsp3) is 0.286. The summed E-state index contributed by atoms with van der Waals surface area (Å²) in [5.74, 6) is -0.326. The number of carbonyl (C=O) groups is 2. The zero-order chi connectivity index (χ0) is 21.1. The number of nitrogens with zero attached hydrogens (tertiary/aromatic N) is 1. The maximum absolute atomic E-state index is 13.5. The highest BCUT2D eigenvalue weighted by molar-refractivity contribution is 5.93. The lowest BCUT2D eigenvalue weighted by molar-refractivity contribution is -0.124. The summed E-state index contributed by atoms with van der Waals surface area (Å²) < 4.78 is 24.5. The van der Waals surface area contributed by atoms with Gasteiger partial charge in [0.1, 0.15) is 5.82 Å². The maximum atomic E-state index is 13.5. The van der Waals surface area contributed by atoms with Gasteiger partial charge in [-0.1, -0.05) is 25.1 Å². The molecule has 0 saturated carbocycles. The van der Waals surface area contributed by atoms with E-state index in [9.17, 15) is 14.0 Å². The second kappa shape index (κ2) is 11.4. The molecule has 0 spiro atoms. The summed E-state index contributed by atoms with van der Waals surface area (Å²) in [6, 6.07) is 11.2. The molecule has 7 nitrogen and oxygen atoms in total. The predicted octanol–water partition coefficient (Wildman–Crippen LogP) is 3.49. The van der Waals surface area contributed by atoms with Crippen molar-refractivity contribution in [1.82, 2.24) is 5.43 Å². The second-order valence-corrected chi connectivity index (χ2v) is 6.05. The Morgan fingerprint density at radius 1 is 1.10 bits per heavy atom. The molecule has 0 heterocycles. The van der Waals surface area contributed by atoms with Gasteiger partial charge in [0, 0.05) is 18.4 Å². The zero-order valence-corrected chi connectivity index (χ0v) is 16.4. The van der Waals surface area contributed by atoms with E-state index in [0.29, 0.717) is 23.7 Å². The minimum Gasteiger partial charge on any atom is -0.493 e. The molecule has 2 rings (SSSR count). The number of halogens is 1. The van der Waals surface area contributed by atoms with Crippen LogP contribution in [0.4, 0.5) is 10.1 Å². The van der Waals surface area contributed by atoms with Gasteiger partial charge in [-0.25, -0.2) is 9.82 Å². The Balaban J connectivity index is 1.86. The highest BCUT2D eigenvalue weighted by Gasteiger charge is 2.10. The summed E-state index contributed by atoms with van der Waals surface area (Å²) in [5, 5.41) is 6.33. The Morgan fingerprint density at radius 2 is 1.86 bits per heavy atom. The van der Waals surface area contributed by atoms with Gasteiger partial charge >= 0.3 is 0 Å².